The molecule has 21 heavy (non-hydrogen) atoms. The third-order valence-electron chi connectivity index (χ3n) is 2.57. The van der Waals surface area contributed by atoms with E-state index in [1.54, 1.807) is 0 Å². The molecule has 0 spiro atoms. The number of aliphatic hydroxyl groups excluding tert-OH is 1. The van der Waals surface area contributed by atoms with Crippen molar-refractivity contribution in [3.8, 4) is 0 Å². The van der Waals surface area contributed by atoms with Gasteiger partial charge >= 0.3 is 6.18 Å². The van der Waals surface area contributed by atoms with E-state index in [1.807, 2.05) is 0 Å². The monoisotopic (exact) mass is 306 g/mol. The van der Waals surface area contributed by atoms with Gasteiger partial charge in [-0.1, -0.05) is 0 Å². The fourth-order valence-corrected chi connectivity index (χ4v) is 1.51. The van der Waals surface area contributed by atoms with Crippen LogP contribution in [0.5, 0.6) is 0 Å². The number of halogens is 3. The van der Waals surface area contributed by atoms with Gasteiger partial charge in [-0.15, -0.1) is 0 Å². The Morgan fingerprint density at radius 1 is 1.43 bits per heavy atom. The molecule has 0 aliphatic heterocycles. The van der Waals surface area contributed by atoms with Crippen molar-refractivity contribution in [3.05, 3.63) is 39.4 Å². The zero-order valence-corrected chi connectivity index (χ0v) is 11.0. The minimum Gasteiger partial charge on any atom is -0.393 e. The molecule has 1 rings (SSSR count). The molecule has 0 aliphatic rings. The van der Waals surface area contributed by atoms with Crippen LogP contribution in [0.1, 0.15) is 29.3 Å². The van der Waals surface area contributed by atoms with Crippen molar-refractivity contribution in [2.45, 2.75) is 25.6 Å². The summed E-state index contributed by atoms with van der Waals surface area (Å²) in [6, 6.07) is 1.68. The van der Waals surface area contributed by atoms with Gasteiger partial charge in [-0.25, -0.2) is 0 Å². The maximum Gasteiger partial charge on any atom is 0.416 e. The molecule has 0 radical (unpaired) electrons. The number of benzene rings is 1. The number of non-ortho nitro benzene ring substituents is 1. The Labute approximate surface area is 117 Å². The van der Waals surface area contributed by atoms with Crippen molar-refractivity contribution >= 4 is 11.6 Å². The summed E-state index contributed by atoms with van der Waals surface area (Å²) in [5.41, 5.74) is -2.54. The van der Waals surface area contributed by atoms with Crippen LogP contribution < -0.4 is 5.32 Å². The Morgan fingerprint density at radius 3 is 2.52 bits per heavy atom. The van der Waals surface area contributed by atoms with E-state index in [-0.39, 0.29) is 13.0 Å². The Balaban J connectivity index is 3.03. The molecule has 1 aromatic rings. The molecule has 0 bridgehead atoms. The molecule has 0 saturated heterocycles. The minimum absolute atomic E-state index is 0.0422. The summed E-state index contributed by atoms with van der Waals surface area (Å²) in [5, 5.41) is 21.9. The summed E-state index contributed by atoms with van der Waals surface area (Å²) >= 11 is 0. The first-order chi connectivity index (χ1) is 9.61. The number of alkyl halides is 3. The second kappa shape index (κ2) is 6.53. The number of nitro groups is 1. The Bertz CT molecular complexity index is 544. The number of nitro benzene ring substituents is 1. The van der Waals surface area contributed by atoms with Gasteiger partial charge in [0.1, 0.15) is 0 Å². The van der Waals surface area contributed by atoms with Crippen molar-refractivity contribution < 1.29 is 28.0 Å². The van der Waals surface area contributed by atoms with E-state index < -0.39 is 39.9 Å². The number of aliphatic hydroxyl groups is 1. The maximum absolute atomic E-state index is 12.6. The predicted octanol–water partition coefficient (Wildman–Crippen LogP) is 2.11. The van der Waals surface area contributed by atoms with Crippen LogP contribution in [0.2, 0.25) is 0 Å². The van der Waals surface area contributed by atoms with E-state index >= 15 is 0 Å². The molecular formula is C12H13F3N2O4. The zero-order chi connectivity index (χ0) is 16.2. The van der Waals surface area contributed by atoms with E-state index in [9.17, 15) is 28.1 Å². The third-order valence-corrected chi connectivity index (χ3v) is 2.57. The van der Waals surface area contributed by atoms with Crippen LogP contribution in [0.15, 0.2) is 18.2 Å². The molecule has 0 fully saturated rings. The van der Waals surface area contributed by atoms with E-state index in [0.29, 0.717) is 12.1 Å². The van der Waals surface area contributed by atoms with E-state index in [2.05, 4.69) is 5.32 Å². The summed E-state index contributed by atoms with van der Waals surface area (Å²) in [5.74, 6) is -0.871. The molecule has 1 aromatic carbocycles. The maximum atomic E-state index is 12.6. The zero-order valence-electron chi connectivity index (χ0n) is 11.0. The van der Waals surface area contributed by atoms with Gasteiger partial charge in [0, 0.05) is 24.2 Å². The van der Waals surface area contributed by atoms with Crippen molar-refractivity contribution in [3.63, 3.8) is 0 Å². The number of amides is 1. The second-order valence-electron chi connectivity index (χ2n) is 4.42. The lowest BCUT2D eigenvalue weighted by atomic mass is 10.1. The highest BCUT2D eigenvalue weighted by molar-refractivity contribution is 5.95. The van der Waals surface area contributed by atoms with Gasteiger partial charge in [-0.2, -0.15) is 13.2 Å². The quantitative estimate of drug-likeness (QED) is 0.643. The highest BCUT2D eigenvalue weighted by Crippen LogP contribution is 2.32. The molecule has 9 heteroatoms. The van der Waals surface area contributed by atoms with Crippen LogP contribution in [0.25, 0.3) is 0 Å². The second-order valence-corrected chi connectivity index (χ2v) is 4.42. The van der Waals surface area contributed by atoms with Gasteiger partial charge in [0.25, 0.3) is 11.6 Å². The molecule has 0 aromatic heterocycles. The summed E-state index contributed by atoms with van der Waals surface area (Å²) in [6.07, 6.45) is -5.26. The molecule has 1 unspecified atom stereocenters. The Morgan fingerprint density at radius 2 is 2.05 bits per heavy atom. The van der Waals surface area contributed by atoms with Gasteiger partial charge < -0.3 is 10.4 Å². The first kappa shape index (κ1) is 16.9. The normalized spacial score (nSPS) is 12.8. The van der Waals surface area contributed by atoms with Crippen LogP contribution >= 0.6 is 0 Å². The topological polar surface area (TPSA) is 92.5 Å². The molecule has 1 amide bonds. The lowest BCUT2D eigenvalue weighted by Gasteiger charge is -2.10. The highest BCUT2D eigenvalue weighted by Gasteiger charge is 2.33. The fourth-order valence-electron chi connectivity index (χ4n) is 1.51. The van der Waals surface area contributed by atoms with Gasteiger partial charge in [-0.05, 0) is 19.4 Å². The number of rotatable bonds is 5. The van der Waals surface area contributed by atoms with E-state index in [0.717, 1.165) is 6.07 Å². The van der Waals surface area contributed by atoms with Crippen LogP contribution in [-0.2, 0) is 6.18 Å². The van der Waals surface area contributed by atoms with Crippen LogP contribution in [-0.4, -0.2) is 28.6 Å². The molecule has 0 heterocycles. The number of hydrogen-bond donors (Lipinski definition) is 2. The summed E-state index contributed by atoms with van der Waals surface area (Å²) < 4.78 is 37.9. The van der Waals surface area contributed by atoms with E-state index in [4.69, 9.17) is 5.11 Å². The van der Waals surface area contributed by atoms with Gasteiger partial charge in [0.15, 0.2) is 0 Å². The summed E-state index contributed by atoms with van der Waals surface area (Å²) in [7, 11) is 0. The molecule has 2 N–H and O–H groups in total. The SMILES string of the molecule is CC(O)CCNC(=O)c1cc([N+](=O)[O-])cc(C(F)(F)F)c1. The summed E-state index contributed by atoms with van der Waals surface area (Å²) in [6.45, 7) is 1.53. The average molecular weight is 306 g/mol. The number of carbonyl (C=O) groups excluding carboxylic acids is 1. The summed E-state index contributed by atoms with van der Waals surface area (Å²) in [4.78, 5) is 21.3. The smallest absolute Gasteiger partial charge is 0.393 e. The number of nitrogens with zero attached hydrogens (tertiary/aromatic N) is 1. The van der Waals surface area contributed by atoms with Crippen molar-refractivity contribution in [1.82, 2.24) is 5.32 Å². The fraction of sp³-hybridized carbons (Fsp3) is 0.417. The van der Waals surface area contributed by atoms with Crippen LogP contribution in [0, 0.1) is 10.1 Å². The molecular weight excluding hydrogens is 293 g/mol. The van der Waals surface area contributed by atoms with Gasteiger partial charge in [0.2, 0.25) is 0 Å². The van der Waals surface area contributed by atoms with Crippen LogP contribution in [0.3, 0.4) is 0 Å². The first-order valence-corrected chi connectivity index (χ1v) is 5.94. The Kier molecular flexibility index (Phi) is 5.25. The molecule has 0 saturated carbocycles. The largest absolute Gasteiger partial charge is 0.416 e. The van der Waals surface area contributed by atoms with Crippen LogP contribution in [0.4, 0.5) is 18.9 Å². The number of carbonyl (C=O) groups is 1. The van der Waals surface area contributed by atoms with Gasteiger partial charge in [0.05, 0.1) is 16.6 Å². The highest BCUT2D eigenvalue weighted by atomic mass is 19.4. The van der Waals surface area contributed by atoms with E-state index in [1.165, 1.54) is 6.92 Å². The molecule has 1 atom stereocenters. The number of nitrogens with one attached hydrogen (secondary N) is 1. The number of hydrogen-bond acceptors (Lipinski definition) is 4. The van der Waals surface area contributed by atoms with Crippen molar-refractivity contribution in [1.29, 1.82) is 0 Å². The molecule has 6 nitrogen and oxygen atoms in total. The molecule has 0 aliphatic carbocycles. The third kappa shape index (κ3) is 5.03. The average Bonchev–Trinajstić information content (AvgIpc) is 2.36. The lowest BCUT2D eigenvalue weighted by Crippen LogP contribution is -2.27. The van der Waals surface area contributed by atoms with Crippen molar-refractivity contribution in [2.24, 2.45) is 0 Å². The lowest BCUT2D eigenvalue weighted by molar-refractivity contribution is -0.385. The minimum atomic E-state index is -4.79. The van der Waals surface area contributed by atoms with Crippen molar-refractivity contribution in [2.75, 3.05) is 6.54 Å². The van der Waals surface area contributed by atoms with Gasteiger partial charge in [-0.3, -0.25) is 14.9 Å². The first-order valence-electron chi connectivity index (χ1n) is 5.94. The Hall–Kier alpha value is -2.16. The molecule has 116 valence electrons. The predicted molar refractivity (Wildman–Crippen MR) is 66.7 cm³/mol. The standard InChI is InChI=1S/C12H13F3N2O4/c1-7(18)2-3-16-11(19)8-4-9(12(13,14)15)6-10(5-8)17(20)21/h4-7,18H,2-3H2,1H3,(H,16,19).